The van der Waals surface area contributed by atoms with Crippen LogP contribution in [0.3, 0.4) is 0 Å². The van der Waals surface area contributed by atoms with Gasteiger partial charge in [0.05, 0.1) is 22.8 Å². The zero-order valence-electron chi connectivity index (χ0n) is 67.4. The number of anilines is 5. The predicted octanol–water partition coefficient (Wildman–Crippen LogP) is 15.0. The van der Waals surface area contributed by atoms with Crippen molar-refractivity contribution >= 4 is 88.5 Å². The highest BCUT2D eigenvalue weighted by Gasteiger charge is 2.32. The number of hydrogen-bond donors (Lipinski definition) is 8. The Balaban J connectivity index is 0.744. The van der Waals surface area contributed by atoms with Crippen molar-refractivity contribution in [2.45, 2.75) is 171 Å². The number of nitrogens with one attached hydrogen (secondary N) is 8. The molecular weight excluding hydrogens is 1420 g/mol. The molecule has 0 spiro atoms. The summed E-state index contributed by atoms with van der Waals surface area (Å²) in [7, 11) is -7.43. The van der Waals surface area contributed by atoms with Crippen LogP contribution < -0.4 is 41.3 Å². The first-order valence-electron chi connectivity index (χ1n) is 39.2. The van der Waals surface area contributed by atoms with Gasteiger partial charge in [-0.3, -0.25) is 14.4 Å². The van der Waals surface area contributed by atoms with E-state index in [-0.39, 0.29) is 111 Å². The molecule has 2 aliphatic carbocycles. The molecule has 3 aromatic heterocycles. The van der Waals surface area contributed by atoms with E-state index >= 15 is 0 Å². The highest BCUT2D eigenvalue weighted by molar-refractivity contribution is 7.89. The van der Waals surface area contributed by atoms with E-state index in [1.54, 1.807) is 36.4 Å². The second-order valence-corrected chi connectivity index (χ2v) is 37.3. The van der Waals surface area contributed by atoms with Crippen LogP contribution >= 0.6 is 0 Å². The van der Waals surface area contributed by atoms with Crippen LogP contribution in [0.1, 0.15) is 190 Å². The lowest BCUT2D eigenvalue weighted by Gasteiger charge is -2.23. The van der Waals surface area contributed by atoms with Crippen LogP contribution in [0.15, 0.2) is 116 Å². The van der Waals surface area contributed by atoms with E-state index in [9.17, 15) is 31.2 Å². The number of amides is 3. The lowest BCUT2D eigenvalue weighted by Crippen LogP contribution is -2.32. The highest BCUT2D eigenvalue weighted by atomic mass is 32.2. The Hall–Kier alpha value is -9.04. The van der Waals surface area contributed by atoms with E-state index < -0.39 is 26.0 Å². The molecule has 0 aliphatic heterocycles. The molecule has 110 heavy (non-hydrogen) atoms. The number of fused-ring (bicyclic) bond motifs is 6. The Morgan fingerprint density at radius 1 is 0.409 bits per heavy atom. The van der Waals surface area contributed by atoms with Gasteiger partial charge in [-0.2, -0.15) is 15.0 Å². The van der Waals surface area contributed by atoms with Crippen molar-refractivity contribution in [3.63, 3.8) is 0 Å². The number of benzene rings is 6. The Labute approximate surface area is 651 Å². The molecule has 0 fully saturated rings. The summed E-state index contributed by atoms with van der Waals surface area (Å²) >= 11 is 0. The number of aryl methyl sites for hydroxylation is 2. The first-order valence-corrected chi connectivity index (χ1v) is 42.5. The first-order chi connectivity index (χ1) is 52.0. The average Bonchev–Trinajstić information content (AvgIpc) is 1.56. The van der Waals surface area contributed by atoms with Crippen LogP contribution in [0.5, 0.6) is 0 Å². The molecule has 0 unspecified atom stereocenters. The lowest BCUT2D eigenvalue weighted by molar-refractivity contribution is 0.0940. The van der Waals surface area contributed by atoms with E-state index in [0.29, 0.717) is 44.7 Å². The van der Waals surface area contributed by atoms with E-state index in [1.807, 2.05) is 0 Å². The Kier molecular flexibility index (Phi) is 25.2. The zero-order valence-corrected chi connectivity index (χ0v) is 69.0. The molecule has 6 aromatic carbocycles. The molecule has 0 bridgehead atoms. The second-order valence-electron chi connectivity index (χ2n) is 33.4. The number of hydrogen-bond acceptors (Lipinski definition) is 15. The summed E-state index contributed by atoms with van der Waals surface area (Å²) in [4.78, 5) is 59.8. The standard InChI is InChI=1S/C86H115N15O7S2/c1-17-98(18-2)37-21-31-87-77(102)57-27-30-65(79(104)88-32-22-38-99(19-3)20-4)74(47-57)94-78(103)56-25-28-64(29-26-56)93-82-96-80(89-33-35-91-109(105,106)41-23-39-100-52-70-66-48-60(83(5,6)7)43-58-44-61(84(8,9)10)49-67(75(58)66)71(70)53-100)95-81(97-82)90-34-36-92-110(107,108)42-24-40-101-54-72-68-50-62(85(11,12)13)45-59-46-63(86(14,15)16)51-69(76(59)68)73(72)55-101/h25-30,43-55,91-92H,17-24,31-42H2,1-16H3,(H,87,102)(H,88,104)(H,94,103)(H3,89,90,93,95,96,97). The summed E-state index contributed by atoms with van der Waals surface area (Å²) in [6.07, 6.45) is 10.9. The van der Waals surface area contributed by atoms with Crippen molar-refractivity contribution in [2.24, 2.45) is 0 Å². The molecule has 22 nitrogen and oxygen atoms in total. The minimum Gasteiger partial charge on any atom is -0.353 e. The minimum atomic E-state index is -3.72. The highest BCUT2D eigenvalue weighted by Crippen LogP contribution is 2.52. The van der Waals surface area contributed by atoms with E-state index in [2.05, 4.69) is 259 Å². The van der Waals surface area contributed by atoms with Gasteiger partial charge >= 0.3 is 0 Å². The smallest absolute Gasteiger partial charge is 0.255 e. The largest absolute Gasteiger partial charge is 0.353 e. The topological polar surface area (TPSA) is 271 Å². The van der Waals surface area contributed by atoms with Crippen LogP contribution in [0.4, 0.5) is 29.2 Å². The molecule has 0 atom stereocenters. The fourth-order valence-electron chi connectivity index (χ4n) is 14.4. The van der Waals surface area contributed by atoms with Crippen LogP contribution in [-0.4, -0.2) is 158 Å². The molecule has 8 N–H and O–H groups in total. The Bertz CT molecular complexity index is 4710. The van der Waals surface area contributed by atoms with E-state index in [0.717, 1.165) is 74.4 Å². The molecule has 3 amide bonds. The van der Waals surface area contributed by atoms with Crippen molar-refractivity contribution in [3.05, 3.63) is 155 Å². The van der Waals surface area contributed by atoms with Crippen molar-refractivity contribution < 1.29 is 31.2 Å². The Morgan fingerprint density at radius 2 is 0.782 bits per heavy atom. The third-order valence-corrected chi connectivity index (χ3v) is 24.0. The number of sulfonamides is 2. The summed E-state index contributed by atoms with van der Waals surface area (Å²) in [6.45, 7) is 42.7. The van der Waals surface area contributed by atoms with Gasteiger partial charge in [0.25, 0.3) is 17.7 Å². The third kappa shape index (κ3) is 20.0. The van der Waals surface area contributed by atoms with Gasteiger partial charge in [-0.25, -0.2) is 26.3 Å². The first kappa shape index (κ1) is 81.9. The second kappa shape index (κ2) is 33.9. The van der Waals surface area contributed by atoms with Crippen molar-refractivity contribution in [1.29, 1.82) is 0 Å². The van der Waals surface area contributed by atoms with Crippen molar-refractivity contribution in [1.82, 2.24) is 54.0 Å². The van der Waals surface area contributed by atoms with Gasteiger partial charge < -0.3 is 50.8 Å². The van der Waals surface area contributed by atoms with Crippen LogP contribution in [0.25, 0.3) is 66.1 Å². The predicted molar refractivity (Wildman–Crippen MR) is 451 cm³/mol. The molecule has 2 aliphatic rings. The van der Waals surface area contributed by atoms with Gasteiger partial charge in [-0.05, 0) is 219 Å². The van der Waals surface area contributed by atoms with Gasteiger partial charge in [-0.15, -0.1) is 0 Å². The molecule has 24 heteroatoms. The Morgan fingerprint density at radius 3 is 1.16 bits per heavy atom. The summed E-state index contributed by atoms with van der Waals surface area (Å²) in [6, 6.07) is 29.8. The quantitative estimate of drug-likeness (QED) is 0.0170. The zero-order chi connectivity index (χ0) is 79.3. The molecule has 0 saturated carbocycles. The van der Waals surface area contributed by atoms with Crippen molar-refractivity contribution in [2.75, 3.05) is 111 Å². The van der Waals surface area contributed by atoms with Gasteiger partial charge in [-0.1, -0.05) is 135 Å². The summed E-state index contributed by atoms with van der Waals surface area (Å²) in [5.41, 5.74) is 15.8. The molecule has 11 rings (SSSR count). The van der Waals surface area contributed by atoms with Gasteiger partial charge in [0.2, 0.25) is 37.9 Å². The van der Waals surface area contributed by atoms with Crippen molar-refractivity contribution in [3.8, 4) is 44.5 Å². The number of carbonyl (C=O) groups is 3. The lowest BCUT2D eigenvalue weighted by atomic mass is 9.81. The summed E-state index contributed by atoms with van der Waals surface area (Å²) < 4.78 is 64.1. The fourth-order valence-corrected chi connectivity index (χ4v) is 16.6. The van der Waals surface area contributed by atoms with E-state index in [1.165, 1.54) is 72.1 Å². The minimum absolute atomic E-state index is 0.0151. The molecular formula is C86H115N15O7S2. The number of carbonyl (C=O) groups excluding carboxylic acids is 3. The number of nitrogens with zero attached hydrogens (tertiary/aromatic N) is 7. The molecule has 588 valence electrons. The van der Waals surface area contributed by atoms with Gasteiger partial charge in [0, 0.05) is 116 Å². The van der Waals surface area contributed by atoms with Gasteiger partial charge in [0.1, 0.15) is 0 Å². The summed E-state index contributed by atoms with van der Waals surface area (Å²) in [5, 5.41) is 23.4. The monoisotopic (exact) mass is 1530 g/mol. The average molecular weight is 1540 g/mol. The van der Waals surface area contributed by atoms with Crippen LogP contribution in [-0.2, 0) is 54.8 Å². The van der Waals surface area contributed by atoms with Crippen LogP contribution in [0, 0.1) is 0 Å². The molecule has 0 radical (unpaired) electrons. The SMILES string of the molecule is CCN(CC)CCCNC(=O)c1ccc(C(=O)NCCCN(CC)CC)c(NC(=O)c2ccc(Nc3nc(NCCNS(=O)(=O)CCCn4cc5c(c4)-c4cc(C(C)(C)C)cc6cc(C(C)(C)C)cc-5c46)nc(NCCNS(=O)(=O)CCCn4cc5c(c4)-c4cc(C(C)(C)C)cc6cc(C(C)(C)C)cc-5c46)n3)cc2)c1. The molecule has 0 saturated heterocycles. The fraction of sp³-hybridized carbons (Fsp3) is 0.465. The van der Waals surface area contributed by atoms with E-state index in [4.69, 9.17) is 0 Å². The molecule has 3 heterocycles. The normalized spacial score (nSPS) is 12.9. The maximum absolute atomic E-state index is 14.1. The van der Waals surface area contributed by atoms with Crippen LogP contribution in [0.2, 0.25) is 0 Å². The molecule has 9 aromatic rings. The third-order valence-electron chi connectivity index (χ3n) is 21.1. The summed E-state index contributed by atoms with van der Waals surface area (Å²) in [5.74, 6) is -1.15. The number of rotatable bonds is 36. The maximum Gasteiger partial charge on any atom is 0.255 e. The maximum atomic E-state index is 14.1. The van der Waals surface area contributed by atoms with Gasteiger partial charge in [0.15, 0.2) is 0 Å². The number of aromatic nitrogens is 5.